The summed E-state index contributed by atoms with van der Waals surface area (Å²) in [5.74, 6) is 1.24. The molecule has 0 amide bonds. The summed E-state index contributed by atoms with van der Waals surface area (Å²) in [6, 6.07) is 4.16. The first-order valence-corrected chi connectivity index (χ1v) is 5.90. The molecule has 0 spiro atoms. The van der Waals surface area contributed by atoms with Crippen LogP contribution in [0, 0.1) is 12.3 Å². The molecule has 1 aromatic rings. The lowest BCUT2D eigenvalue weighted by atomic mass is 9.98. The zero-order chi connectivity index (χ0) is 12.3. The van der Waals surface area contributed by atoms with E-state index in [4.69, 9.17) is 4.74 Å². The molecule has 90 valence electrons. The summed E-state index contributed by atoms with van der Waals surface area (Å²) in [6.07, 6.45) is 0. The first-order valence-electron chi connectivity index (χ1n) is 5.90. The van der Waals surface area contributed by atoms with E-state index in [-0.39, 0.29) is 5.41 Å². The number of rotatable bonds is 3. The third-order valence-electron chi connectivity index (χ3n) is 2.29. The van der Waals surface area contributed by atoms with Crippen LogP contribution in [-0.4, -0.2) is 11.6 Å². The Hall–Kier alpha value is -1.05. The third kappa shape index (κ3) is 3.84. The number of hydrogen-bond donors (Lipinski definition) is 0. The normalized spacial score (nSPS) is 11.9. The lowest BCUT2D eigenvalue weighted by molar-refractivity contribution is 0.189. The van der Waals surface area contributed by atoms with Crippen molar-refractivity contribution >= 4 is 0 Å². The van der Waals surface area contributed by atoms with Crippen LogP contribution in [0.3, 0.4) is 0 Å². The van der Waals surface area contributed by atoms with Crippen molar-refractivity contribution in [3.05, 3.63) is 23.4 Å². The smallest absolute Gasteiger partial charge is 0.217 e. The Balaban J connectivity index is 2.88. The fourth-order valence-electron chi connectivity index (χ4n) is 1.38. The molecule has 0 atom stereocenters. The lowest BCUT2D eigenvalue weighted by Gasteiger charge is -2.20. The molecule has 0 saturated heterocycles. The van der Waals surface area contributed by atoms with Crippen LogP contribution >= 0.6 is 0 Å². The van der Waals surface area contributed by atoms with Gasteiger partial charge in [-0.05, 0) is 24.3 Å². The van der Waals surface area contributed by atoms with Crippen LogP contribution in [0.5, 0.6) is 5.88 Å². The third-order valence-corrected chi connectivity index (χ3v) is 2.29. The molecule has 1 aromatic heterocycles. The number of hydrogen-bond acceptors (Lipinski definition) is 2. The molecule has 16 heavy (non-hydrogen) atoms. The monoisotopic (exact) mass is 221 g/mol. The molecule has 0 bridgehead atoms. The molecular weight excluding hydrogens is 198 g/mol. The highest BCUT2D eigenvalue weighted by Crippen LogP contribution is 2.26. The molecule has 1 heterocycles. The molecule has 0 aliphatic carbocycles. The number of aryl methyl sites for hydroxylation is 1. The molecular formula is C14H23NO. The second-order valence-corrected chi connectivity index (χ2v) is 5.85. The molecule has 2 heteroatoms. The van der Waals surface area contributed by atoms with E-state index in [1.807, 2.05) is 13.0 Å². The van der Waals surface area contributed by atoms with E-state index in [0.29, 0.717) is 12.5 Å². The quantitative estimate of drug-likeness (QED) is 0.771. The molecule has 0 unspecified atom stereocenters. The first-order chi connectivity index (χ1) is 7.29. The maximum atomic E-state index is 5.83. The minimum Gasteiger partial charge on any atom is -0.477 e. The highest BCUT2D eigenvalue weighted by Gasteiger charge is 2.15. The van der Waals surface area contributed by atoms with Crippen LogP contribution in [0.25, 0.3) is 0 Å². The van der Waals surface area contributed by atoms with Gasteiger partial charge in [0.15, 0.2) is 0 Å². The number of nitrogens with zero attached hydrogens (tertiary/aromatic N) is 1. The molecule has 2 nitrogen and oxygen atoms in total. The molecule has 1 rings (SSSR count). The first kappa shape index (κ1) is 13.0. The minimum absolute atomic E-state index is 0.166. The van der Waals surface area contributed by atoms with Crippen LogP contribution in [-0.2, 0) is 0 Å². The van der Waals surface area contributed by atoms with Gasteiger partial charge in [0.1, 0.15) is 0 Å². The van der Waals surface area contributed by atoms with Crippen LogP contribution in [0.15, 0.2) is 12.1 Å². The summed E-state index contributed by atoms with van der Waals surface area (Å²) in [5.41, 5.74) is 2.36. The maximum Gasteiger partial charge on any atom is 0.217 e. The molecule has 0 radical (unpaired) electrons. The van der Waals surface area contributed by atoms with Gasteiger partial charge in [-0.25, -0.2) is 4.98 Å². The Morgan fingerprint density at radius 1 is 1.25 bits per heavy atom. The van der Waals surface area contributed by atoms with Crippen molar-refractivity contribution in [3.63, 3.8) is 0 Å². The SMILES string of the molecule is Cc1ccc(C(C)C)c(OCC(C)(C)C)n1. The fraction of sp³-hybridized carbons (Fsp3) is 0.643. The lowest BCUT2D eigenvalue weighted by Crippen LogP contribution is -2.18. The Morgan fingerprint density at radius 3 is 2.38 bits per heavy atom. The van der Waals surface area contributed by atoms with Crippen molar-refractivity contribution < 1.29 is 4.74 Å². The minimum atomic E-state index is 0.166. The van der Waals surface area contributed by atoms with E-state index in [1.165, 1.54) is 5.56 Å². The molecule has 0 aliphatic heterocycles. The second kappa shape index (κ2) is 4.86. The second-order valence-electron chi connectivity index (χ2n) is 5.85. The zero-order valence-corrected chi connectivity index (χ0v) is 11.3. The predicted molar refractivity (Wildman–Crippen MR) is 68.0 cm³/mol. The summed E-state index contributed by atoms with van der Waals surface area (Å²) >= 11 is 0. The topological polar surface area (TPSA) is 22.1 Å². The average Bonchev–Trinajstić information content (AvgIpc) is 2.13. The predicted octanol–water partition coefficient (Wildman–Crippen LogP) is 3.94. The average molecular weight is 221 g/mol. The largest absolute Gasteiger partial charge is 0.477 e. The zero-order valence-electron chi connectivity index (χ0n) is 11.3. The van der Waals surface area contributed by atoms with Gasteiger partial charge in [0.25, 0.3) is 0 Å². The van der Waals surface area contributed by atoms with Crippen molar-refractivity contribution in [2.75, 3.05) is 6.61 Å². The highest BCUT2D eigenvalue weighted by atomic mass is 16.5. The number of aromatic nitrogens is 1. The van der Waals surface area contributed by atoms with Gasteiger partial charge in [-0.2, -0.15) is 0 Å². The number of ether oxygens (including phenoxy) is 1. The van der Waals surface area contributed by atoms with Crippen LogP contribution in [0.2, 0.25) is 0 Å². The van der Waals surface area contributed by atoms with E-state index < -0.39 is 0 Å². The van der Waals surface area contributed by atoms with Crippen LogP contribution < -0.4 is 4.74 Å². The summed E-state index contributed by atoms with van der Waals surface area (Å²) < 4.78 is 5.83. The standard InChI is InChI=1S/C14H23NO/c1-10(2)12-8-7-11(3)15-13(12)16-9-14(4,5)6/h7-8,10H,9H2,1-6H3. The number of pyridine rings is 1. The fourth-order valence-corrected chi connectivity index (χ4v) is 1.38. The summed E-state index contributed by atoms with van der Waals surface area (Å²) in [7, 11) is 0. The van der Waals surface area contributed by atoms with Crippen molar-refractivity contribution in [2.45, 2.75) is 47.5 Å². The molecule has 0 aromatic carbocycles. The van der Waals surface area contributed by atoms with E-state index in [9.17, 15) is 0 Å². The Labute approximate surface area is 99.0 Å². The van der Waals surface area contributed by atoms with E-state index >= 15 is 0 Å². The summed E-state index contributed by atoms with van der Waals surface area (Å²) in [5, 5.41) is 0. The van der Waals surface area contributed by atoms with Crippen molar-refractivity contribution in [2.24, 2.45) is 5.41 Å². The maximum absolute atomic E-state index is 5.83. The van der Waals surface area contributed by atoms with Gasteiger partial charge in [-0.3, -0.25) is 0 Å². The highest BCUT2D eigenvalue weighted by molar-refractivity contribution is 5.30. The van der Waals surface area contributed by atoms with E-state index in [2.05, 4.69) is 45.7 Å². The van der Waals surface area contributed by atoms with Gasteiger partial charge >= 0.3 is 0 Å². The Kier molecular flexibility index (Phi) is 3.95. The van der Waals surface area contributed by atoms with Gasteiger partial charge in [-0.15, -0.1) is 0 Å². The van der Waals surface area contributed by atoms with Gasteiger partial charge in [-0.1, -0.05) is 40.7 Å². The molecule has 0 aliphatic rings. The van der Waals surface area contributed by atoms with Gasteiger partial charge in [0.05, 0.1) is 6.61 Å². The van der Waals surface area contributed by atoms with E-state index in [1.54, 1.807) is 0 Å². The van der Waals surface area contributed by atoms with Gasteiger partial charge < -0.3 is 4.74 Å². The van der Waals surface area contributed by atoms with E-state index in [0.717, 1.165) is 11.6 Å². The van der Waals surface area contributed by atoms with Crippen molar-refractivity contribution in [1.29, 1.82) is 0 Å². The van der Waals surface area contributed by atoms with Gasteiger partial charge in [0, 0.05) is 11.3 Å². The van der Waals surface area contributed by atoms with Crippen LogP contribution in [0.1, 0.15) is 51.8 Å². The summed E-state index contributed by atoms with van der Waals surface area (Å²) in [6.45, 7) is 13.5. The molecule has 0 saturated carbocycles. The van der Waals surface area contributed by atoms with Crippen molar-refractivity contribution in [1.82, 2.24) is 4.98 Å². The summed E-state index contributed by atoms with van der Waals surface area (Å²) in [4.78, 5) is 4.48. The molecule has 0 N–H and O–H groups in total. The van der Waals surface area contributed by atoms with Crippen molar-refractivity contribution in [3.8, 4) is 5.88 Å². The molecule has 0 fully saturated rings. The Morgan fingerprint density at radius 2 is 1.88 bits per heavy atom. The van der Waals surface area contributed by atoms with Gasteiger partial charge in [0.2, 0.25) is 5.88 Å². The Bertz CT molecular complexity index is 350. The van der Waals surface area contributed by atoms with Crippen LogP contribution in [0.4, 0.5) is 0 Å².